The maximum Gasteiger partial charge on any atom is 0.410 e. The van der Waals surface area contributed by atoms with Gasteiger partial charge in [0.2, 0.25) is 5.91 Å². The molecule has 1 aromatic heterocycles. The van der Waals surface area contributed by atoms with Crippen LogP contribution in [-0.2, 0) is 9.53 Å². The number of likely N-dealkylation sites (N-methyl/N-ethyl adjacent to an activating group) is 1. The smallest absolute Gasteiger partial charge is 0.410 e. The highest BCUT2D eigenvalue weighted by molar-refractivity contribution is 7.14. The van der Waals surface area contributed by atoms with E-state index in [4.69, 9.17) is 10.5 Å². The molecule has 0 unspecified atom stereocenters. The fourth-order valence-electron chi connectivity index (χ4n) is 4.15. The van der Waals surface area contributed by atoms with Crippen molar-refractivity contribution >= 4 is 28.5 Å². The Balaban J connectivity index is 1.21. The van der Waals surface area contributed by atoms with Crippen molar-refractivity contribution in [1.29, 1.82) is 0 Å². The number of nitrogens with two attached hydrogens (primary N) is 1. The molecule has 1 aliphatic rings. The summed E-state index contributed by atoms with van der Waals surface area (Å²) in [6.45, 7) is -0.00238. The van der Waals surface area contributed by atoms with Crippen LogP contribution >= 0.6 is 11.3 Å². The molecule has 3 N–H and O–H groups in total. The van der Waals surface area contributed by atoms with Crippen molar-refractivity contribution in [1.82, 2.24) is 9.88 Å². The van der Waals surface area contributed by atoms with E-state index in [9.17, 15) is 9.59 Å². The van der Waals surface area contributed by atoms with Crippen molar-refractivity contribution in [2.24, 2.45) is 5.73 Å². The first kappa shape index (κ1) is 22.8. The molecule has 4 aromatic rings. The highest BCUT2D eigenvalue weighted by Gasteiger charge is 2.32. The van der Waals surface area contributed by atoms with Crippen LogP contribution in [0.15, 0.2) is 84.2 Å². The SMILES string of the molecule is CN(C[C@H](N)C(=O)Nc1nc(-c2ccccc2)cs1)C(=O)OC1c2ccccc2-c2ccccc21. The number of rotatable bonds is 6. The molecule has 0 saturated carbocycles. The Morgan fingerprint density at radius 3 is 2.26 bits per heavy atom. The Bertz CT molecular complexity index is 1330. The molecule has 3 aromatic carbocycles. The number of anilines is 1. The summed E-state index contributed by atoms with van der Waals surface area (Å²) >= 11 is 1.32. The van der Waals surface area contributed by atoms with Gasteiger partial charge in [-0.25, -0.2) is 9.78 Å². The van der Waals surface area contributed by atoms with Gasteiger partial charge in [0.05, 0.1) is 5.69 Å². The van der Waals surface area contributed by atoms with Crippen LogP contribution < -0.4 is 11.1 Å². The second-order valence-corrected chi connectivity index (χ2v) is 9.18. The van der Waals surface area contributed by atoms with E-state index in [0.29, 0.717) is 5.13 Å². The summed E-state index contributed by atoms with van der Waals surface area (Å²) < 4.78 is 5.87. The van der Waals surface area contributed by atoms with Crippen molar-refractivity contribution in [2.75, 3.05) is 18.9 Å². The van der Waals surface area contributed by atoms with Crippen LogP contribution in [0.4, 0.5) is 9.93 Å². The number of hydrogen-bond donors (Lipinski definition) is 2. The minimum atomic E-state index is -0.945. The molecule has 1 aliphatic carbocycles. The number of thiazole rings is 1. The molecule has 0 spiro atoms. The second kappa shape index (κ2) is 9.69. The zero-order valence-corrected chi connectivity index (χ0v) is 19.9. The number of nitrogens with one attached hydrogen (secondary N) is 1. The van der Waals surface area contributed by atoms with E-state index in [0.717, 1.165) is 33.5 Å². The van der Waals surface area contributed by atoms with Crippen LogP contribution in [0.25, 0.3) is 22.4 Å². The average molecular weight is 485 g/mol. The number of carbonyl (C=O) groups excluding carboxylic acids is 2. The molecule has 2 amide bonds. The normalized spacial score (nSPS) is 13.0. The van der Waals surface area contributed by atoms with Gasteiger partial charge in [0, 0.05) is 35.7 Å². The highest BCUT2D eigenvalue weighted by atomic mass is 32.1. The summed E-state index contributed by atoms with van der Waals surface area (Å²) in [7, 11) is 1.57. The van der Waals surface area contributed by atoms with Gasteiger partial charge in [-0.2, -0.15) is 0 Å². The Hall–Kier alpha value is -4.01. The van der Waals surface area contributed by atoms with E-state index in [1.54, 1.807) is 7.05 Å². The van der Waals surface area contributed by atoms with Crippen LogP contribution in [0.3, 0.4) is 0 Å². The summed E-state index contributed by atoms with van der Waals surface area (Å²) in [6.07, 6.45) is -1.06. The molecule has 1 heterocycles. The lowest BCUT2D eigenvalue weighted by atomic mass is 10.1. The van der Waals surface area contributed by atoms with Gasteiger partial charge in [-0.3, -0.25) is 4.79 Å². The average Bonchev–Trinajstić information content (AvgIpc) is 3.48. The molecule has 0 aliphatic heterocycles. The number of nitrogens with zero attached hydrogens (tertiary/aromatic N) is 2. The third-order valence-corrected chi connectivity index (χ3v) is 6.68. The van der Waals surface area contributed by atoms with E-state index in [-0.39, 0.29) is 6.54 Å². The maximum atomic E-state index is 12.9. The molecule has 35 heavy (non-hydrogen) atoms. The standard InChI is InChI=1S/C27H24N4O3S/c1-31(15-22(28)25(32)30-26-29-23(16-35-26)17-9-3-2-4-10-17)27(33)34-24-20-13-7-5-11-18(20)19-12-6-8-14-21(19)24/h2-14,16,22,24H,15,28H2,1H3,(H,29,30,32)/t22-/m0/s1. The molecule has 0 radical (unpaired) electrons. The first-order valence-electron chi connectivity index (χ1n) is 11.2. The van der Waals surface area contributed by atoms with Crippen molar-refractivity contribution in [3.05, 3.63) is 95.4 Å². The summed E-state index contributed by atoms with van der Waals surface area (Å²) in [5.74, 6) is -0.421. The topological polar surface area (TPSA) is 97.5 Å². The monoisotopic (exact) mass is 484 g/mol. The van der Waals surface area contributed by atoms with Gasteiger partial charge < -0.3 is 20.7 Å². The van der Waals surface area contributed by atoms with Crippen molar-refractivity contribution in [3.8, 4) is 22.4 Å². The number of hydrogen-bond acceptors (Lipinski definition) is 6. The molecule has 0 fully saturated rings. The molecule has 0 saturated heterocycles. The second-order valence-electron chi connectivity index (χ2n) is 8.32. The fraction of sp³-hybridized carbons (Fsp3) is 0.148. The Morgan fingerprint density at radius 2 is 1.60 bits per heavy atom. The first-order valence-corrected chi connectivity index (χ1v) is 12.1. The van der Waals surface area contributed by atoms with Gasteiger partial charge in [0.1, 0.15) is 6.04 Å². The summed E-state index contributed by atoms with van der Waals surface area (Å²) in [4.78, 5) is 31.3. The molecule has 0 bridgehead atoms. The van der Waals surface area contributed by atoms with E-state index < -0.39 is 24.1 Å². The highest BCUT2D eigenvalue weighted by Crippen LogP contribution is 2.45. The van der Waals surface area contributed by atoms with Crippen molar-refractivity contribution in [2.45, 2.75) is 12.1 Å². The summed E-state index contributed by atoms with van der Waals surface area (Å²) in [5, 5.41) is 5.06. The number of ether oxygens (including phenoxy) is 1. The van der Waals surface area contributed by atoms with E-state index in [1.165, 1.54) is 16.2 Å². The van der Waals surface area contributed by atoms with Crippen molar-refractivity contribution in [3.63, 3.8) is 0 Å². The third-order valence-electron chi connectivity index (χ3n) is 5.92. The molecule has 176 valence electrons. The van der Waals surface area contributed by atoms with Gasteiger partial charge in [-0.15, -0.1) is 11.3 Å². The predicted molar refractivity (Wildman–Crippen MR) is 137 cm³/mol. The third kappa shape index (κ3) is 4.66. The molecule has 7 nitrogen and oxygen atoms in total. The van der Waals surface area contributed by atoms with Crippen LogP contribution in [0.2, 0.25) is 0 Å². The number of carbonyl (C=O) groups is 2. The van der Waals surface area contributed by atoms with E-state index in [1.807, 2.05) is 84.2 Å². The quantitative estimate of drug-likeness (QED) is 0.405. The van der Waals surface area contributed by atoms with Gasteiger partial charge >= 0.3 is 6.09 Å². The molecule has 1 atom stereocenters. The number of fused-ring (bicyclic) bond motifs is 3. The van der Waals surface area contributed by atoms with Gasteiger partial charge in [-0.1, -0.05) is 78.9 Å². The van der Waals surface area contributed by atoms with Gasteiger partial charge in [0.15, 0.2) is 11.2 Å². The lowest BCUT2D eigenvalue weighted by Gasteiger charge is -2.23. The molecule has 5 rings (SSSR count). The molecular formula is C27H24N4O3S. The van der Waals surface area contributed by atoms with Crippen molar-refractivity contribution < 1.29 is 14.3 Å². The Kier molecular flexibility index (Phi) is 6.31. The van der Waals surface area contributed by atoms with Crippen LogP contribution in [0.1, 0.15) is 17.2 Å². The Labute approximate surface area is 207 Å². The largest absolute Gasteiger partial charge is 0.436 e. The van der Waals surface area contributed by atoms with E-state index >= 15 is 0 Å². The van der Waals surface area contributed by atoms with E-state index in [2.05, 4.69) is 10.3 Å². The lowest BCUT2D eigenvalue weighted by molar-refractivity contribution is -0.117. The maximum absolute atomic E-state index is 12.9. The van der Waals surface area contributed by atoms with Crippen LogP contribution in [0.5, 0.6) is 0 Å². The molecular weight excluding hydrogens is 460 g/mol. The first-order chi connectivity index (χ1) is 17.0. The zero-order chi connectivity index (χ0) is 24.4. The molecule has 8 heteroatoms. The number of amides is 2. The number of benzene rings is 3. The predicted octanol–water partition coefficient (Wildman–Crippen LogP) is 4.91. The summed E-state index contributed by atoms with van der Waals surface area (Å²) in [5.41, 5.74) is 11.8. The Morgan fingerprint density at radius 1 is 1.00 bits per heavy atom. The van der Waals surface area contributed by atoms with Gasteiger partial charge in [-0.05, 0) is 11.1 Å². The van der Waals surface area contributed by atoms with Gasteiger partial charge in [0.25, 0.3) is 0 Å². The minimum absolute atomic E-state index is 0.00238. The van der Waals surface area contributed by atoms with Crippen LogP contribution in [-0.4, -0.2) is 41.5 Å². The lowest BCUT2D eigenvalue weighted by Crippen LogP contribution is -2.46. The zero-order valence-electron chi connectivity index (χ0n) is 19.0. The fourth-order valence-corrected chi connectivity index (χ4v) is 4.87. The summed E-state index contributed by atoms with van der Waals surface area (Å²) in [6, 6.07) is 24.5. The van der Waals surface area contributed by atoms with Crippen LogP contribution in [0, 0.1) is 0 Å². The minimum Gasteiger partial charge on any atom is -0.436 e. The number of aromatic nitrogens is 1.